The average Bonchev–Trinajstić information content (AvgIpc) is 2.31. The molecule has 0 saturated carbocycles. The molecule has 0 saturated heterocycles. The van der Waals surface area contributed by atoms with Crippen molar-refractivity contribution >= 4 is 35.4 Å². The van der Waals surface area contributed by atoms with Crippen LogP contribution in [0, 0.1) is 0 Å². The van der Waals surface area contributed by atoms with E-state index in [-0.39, 0.29) is 12.6 Å². The van der Waals surface area contributed by atoms with Crippen molar-refractivity contribution in [3.05, 3.63) is 28.2 Å². The number of nitrogens with one attached hydrogen (secondary N) is 1. The summed E-state index contributed by atoms with van der Waals surface area (Å²) in [7, 11) is 0. The molecule has 8 heteroatoms. The van der Waals surface area contributed by atoms with E-state index < -0.39 is 0 Å². The van der Waals surface area contributed by atoms with Crippen molar-refractivity contribution in [2.45, 2.75) is 0 Å². The second-order valence-corrected chi connectivity index (χ2v) is 3.57. The molecular weight excluding hydrogens is 267 g/mol. The number of hydrogen-bond acceptors (Lipinski definition) is 4. The zero-order valence-corrected chi connectivity index (χ0v) is 10.1. The lowest BCUT2D eigenvalue weighted by molar-refractivity contribution is 0.232. The van der Waals surface area contributed by atoms with Crippen LogP contribution in [-0.4, -0.2) is 24.0 Å². The predicted molar refractivity (Wildman–Crippen MR) is 67.0 cm³/mol. The van der Waals surface area contributed by atoms with Gasteiger partial charge in [0.25, 0.3) is 0 Å². The molecule has 0 aliphatic carbocycles. The summed E-state index contributed by atoms with van der Waals surface area (Å²) in [4.78, 5) is 0. The smallest absolute Gasteiger partial charge is 0.237 e. The van der Waals surface area contributed by atoms with Gasteiger partial charge in [-0.25, -0.2) is 5.48 Å². The Balaban J connectivity index is 2.52. The summed E-state index contributed by atoms with van der Waals surface area (Å²) in [6.07, 6.45) is 1.34. The standard InChI is InChI=1S/C9H10Cl2N4O2/c10-6-2-1-3-7(11)8(6)17-5-4-13-14-9(12)15-16/h1-4,16H,5H2,(H3,12,14,15). The first-order chi connectivity index (χ1) is 8.15. The number of para-hydroxylation sites is 1. The highest BCUT2D eigenvalue weighted by Crippen LogP contribution is 2.31. The van der Waals surface area contributed by atoms with E-state index in [2.05, 4.69) is 10.2 Å². The van der Waals surface area contributed by atoms with E-state index in [0.29, 0.717) is 15.8 Å². The van der Waals surface area contributed by atoms with Gasteiger partial charge in [-0.2, -0.15) is 5.10 Å². The third-order valence-electron chi connectivity index (χ3n) is 1.58. The van der Waals surface area contributed by atoms with Crippen molar-refractivity contribution in [1.29, 1.82) is 0 Å². The van der Waals surface area contributed by atoms with Crippen LogP contribution in [0.25, 0.3) is 0 Å². The first kappa shape index (κ1) is 13.6. The van der Waals surface area contributed by atoms with E-state index in [4.69, 9.17) is 38.9 Å². The van der Waals surface area contributed by atoms with Gasteiger partial charge in [-0.1, -0.05) is 29.3 Å². The summed E-state index contributed by atoms with van der Waals surface area (Å²) < 4.78 is 5.28. The van der Waals surface area contributed by atoms with E-state index in [1.54, 1.807) is 23.7 Å². The maximum Gasteiger partial charge on any atom is 0.237 e. The quantitative estimate of drug-likeness (QED) is 0.443. The van der Waals surface area contributed by atoms with Gasteiger partial charge in [0.1, 0.15) is 6.61 Å². The second-order valence-electron chi connectivity index (χ2n) is 2.76. The molecule has 0 aliphatic rings. The third kappa shape index (κ3) is 4.48. The Labute approximate surface area is 108 Å². The Morgan fingerprint density at radius 1 is 1.47 bits per heavy atom. The number of benzene rings is 1. The second kappa shape index (κ2) is 6.95. The molecule has 17 heavy (non-hydrogen) atoms. The van der Waals surface area contributed by atoms with E-state index in [9.17, 15) is 0 Å². The van der Waals surface area contributed by atoms with Crippen LogP contribution in [0.1, 0.15) is 0 Å². The number of rotatable bonds is 4. The third-order valence-corrected chi connectivity index (χ3v) is 2.18. The highest BCUT2D eigenvalue weighted by Gasteiger charge is 2.04. The first-order valence-electron chi connectivity index (χ1n) is 4.47. The predicted octanol–water partition coefficient (Wildman–Crippen LogP) is 1.65. The molecule has 0 atom stereocenters. The summed E-state index contributed by atoms with van der Waals surface area (Å²) in [5.41, 5.74) is 6.73. The Bertz CT molecular complexity index is 417. The fraction of sp³-hybridized carbons (Fsp3) is 0.111. The topological polar surface area (TPSA) is 92.2 Å². The lowest BCUT2D eigenvalue weighted by Gasteiger charge is -2.06. The van der Waals surface area contributed by atoms with Gasteiger partial charge in [0, 0.05) is 0 Å². The van der Waals surface area contributed by atoms with Gasteiger partial charge in [-0.15, -0.1) is 5.10 Å². The molecule has 4 N–H and O–H groups in total. The minimum Gasteiger partial charge on any atom is -0.485 e. The minimum absolute atomic E-state index is 0.117. The Morgan fingerprint density at radius 2 is 2.12 bits per heavy atom. The normalized spacial score (nSPS) is 11.8. The maximum atomic E-state index is 8.30. The molecule has 92 valence electrons. The molecule has 0 heterocycles. The van der Waals surface area contributed by atoms with Crippen LogP contribution in [0.5, 0.6) is 5.75 Å². The van der Waals surface area contributed by atoms with Crippen LogP contribution in [0.15, 0.2) is 28.4 Å². The summed E-state index contributed by atoms with van der Waals surface area (Å²) >= 11 is 11.7. The fourth-order valence-corrected chi connectivity index (χ4v) is 1.41. The number of hydrogen-bond donors (Lipinski definition) is 3. The molecule has 0 bridgehead atoms. The van der Waals surface area contributed by atoms with Crippen molar-refractivity contribution in [3.63, 3.8) is 0 Å². The van der Waals surface area contributed by atoms with Crippen molar-refractivity contribution in [2.75, 3.05) is 6.61 Å². The number of nitrogens with zero attached hydrogens (tertiary/aromatic N) is 2. The highest BCUT2D eigenvalue weighted by atomic mass is 35.5. The number of guanidine groups is 1. The lowest BCUT2D eigenvalue weighted by atomic mass is 10.3. The van der Waals surface area contributed by atoms with E-state index in [1.165, 1.54) is 6.21 Å². The van der Waals surface area contributed by atoms with E-state index >= 15 is 0 Å². The van der Waals surface area contributed by atoms with E-state index in [1.807, 2.05) is 0 Å². The monoisotopic (exact) mass is 276 g/mol. The zero-order valence-electron chi connectivity index (χ0n) is 8.60. The molecule has 0 aliphatic heterocycles. The average molecular weight is 277 g/mol. The lowest BCUT2D eigenvalue weighted by Crippen LogP contribution is -2.27. The summed E-state index contributed by atoms with van der Waals surface area (Å²) in [5, 5.41) is 16.0. The van der Waals surface area contributed by atoms with Gasteiger partial charge in [-0.3, -0.25) is 5.21 Å². The van der Waals surface area contributed by atoms with Crippen molar-refractivity contribution in [3.8, 4) is 5.75 Å². The summed E-state index contributed by atoms with van der Waals surface area (Å²) in [5.74, 6) is 0.150. The van der Waals surface area contributed by atoms with Crippen LogP contribution in [0.4, 0.5) is 0 Å². The van der Waals surface area contributed by atoms with Crippen LogP contribution in [0.2, 0.25) is 10.0 Å². The summed E-state index contributed by atoms with van der Waals surface area (Å²) in [6, 6.07) is 5.03. The Morgan fingerprint density at radius 3 is 2.71 bits per heavy atom. The molecule has 0 amide bonds. The molecule has 6 nitrogen and oxygen atoms in total. The van der Waals surface area contributed by atoms with Gasteiger partial charge < -0.3 is 10.5 Å². The molecular formula is C9H10Cl2N4O2. The number of nitrogens with two attached hydrogens (primary N) is 1. The van der Waals surface area contributed by atoms with Gasteiger partial charge in [-0.05, 0) is 12.1 Å². The minimum atomic E-state index is -0.225. The number of hydroxylamine groups is 1. The maximum absolute atomic E-state index is 8.30. The largest absolute Gasteiger partial charge is 0.485 e. The Hall–Kier alpha value is -1.50. The SMILES string of the molecule is NC(=NN=CCOc1c(Cl)cccc1Cl)NO. The molecule has 0 fully saturated rings. The number of ether oxygens (including phenoxy) is 1. The van der Waals surface area contributed by atoms with Crippen LogP contribution >= 0.6 is 23.2 Å². The molecule has 0 spiro atoms. The molecule has 1 aromatic rings. The highest BCUT2D eigenvalue weighted by molar-refractivity contribution is 6.37. The van der Waals surface area contributed by atoms with Gasteiger partial charge in [0.05, 0.1) is 16.3 Å². The van der Waals surface area contributed by atoms with Crippen molar-refractivity contribution in [1.82, 2.24) is 5.48 Å². The molecule has 0 radical (unpaired) electrons. The van der Waals surface area contributed by atoms with Gasteiger partial charge >= 0.3 is 0 Å². The van der Waals surface area contributed by atoms with Gasteiger partial charge in [0.2, 0.25) is 5.96 Å². The molecule has 1 aromatic carbocycles. The first-order valence-corrected chi connectivity index (χ1v) is 5.22. The van der Waals surface area contributed by atoms with Crippen LogP contribution in [0.3, 0.4) is 0 Å². The Kier molecular flexibility index (Phi) is 5.55. The molecule has 1 rings (SSSR count). The van der Waals surface area contributed by atoms with Crippen molar-refractivity contribution < 1.29 is 9.94 Å². The fourth-order valence-electron chi connectivity index (χ4n) is 0.900. The molecule has 0 unspecified atom stereocenters. The van der Waals surface area contributed by atoms with Crippen molar-refractivity contribution in [2.24, 2.45) is 15.9 Å². The zero-order chi connectivity index (χ0) is 12.7. The molecule has 0 aromatic heterocycles. The number of halogens is 2. The van der Waals surface area contributed by atoms with Crippen LogP contribution < -0.4 is 16.0 Å². The van der Waals surface area contributed by atoms with Gasteiger partial charge in [0.15, 0.2) is 5.75 Å². The van der Waals surface area contributed by atoms with E-state index in [0.717, 1.165) is 0 Å². The summed E-state index contributed by atoms with van der Waals surface area (Å²) in [6.45, 7) is 0.117. The van der Waals surface area contributed by atoms with Crippen LogP contribution in [-0.2, 0) is 0 Å².